The Morgan fingerprint density at radius 2 is 1.73 bits per heavy atom. The monoisotopic (exact) mass is 559 g/mol. The molecule has 4 heterocycles. The van der Waals surface area contributed by atoms with Crippen molar-refractivity contribution in [1.82, 2.24) is 9.88 Å². The number of methoxy groups -OCH3 is 2. The van der Waals surface area contributed by atoms with E-state index in [-0.39, 0.29) is 11.8 Å². The molecule has 0 amide bonds. The van der Waals surface area contributed by atoms with Crippen LogP contribution in [0.2, 0.25) is 0 Å². The van der Waals surface area contributed by atoms with Crippen molar-refractivity contribution in [2.24, 2.45) is 11.3 Å². The highest BCUT2D eigenvalue weighted by atomic mass is 16.5. The molecule has 3 aromatic rings. The minimum atomic E-state index is -1.86. The molecule has 1 aromatic heterocycles. The number of fused-ring (bicyclic) bond motifs is 3. The van der Waals surface area contributed by atoms with Gasteiger partial charge in [-0.15, -0.1) is 0 Å². The van der Waals surface area contributed by atoms with Crippen molar-refractivity contribution in [3.63, 3.8) is 0 Å². The molecule has 0 bridgehead atoms. The Labute approximate surface area is 240 Å². The molecule has 41 heavy (non-hydrogen) atoms. The maximum absolute atomic E-state index is 13.0. The molecule has 4 aliphatic rings. The molecule has 9 heteroatoms. The Bertz CT molecular complexity index is 1440. The van der Waals surface area contributed by atoms with Gasteiger partial charge in [-0.05, 0) is 37.4 Å². The molecule has 2 saturated heterocycles. The molecule has 1 saturated carbocycles. The average molecular weight is 560 g/mol. The third kappa shape index (κ3) is 3.59. The van der Waals surface area contributed by atoms with Gasteiger partial charge < -0.3 is 39.0 Å². The zero-order chi connectivity index (χ0) is 28.6. The molecule has 3 aliphatic heterocycles. The van der Waals surface area contributed by atoms with E-state index >= 15 is 0 Å². The molecular formula is C32H37N3O6. The lowest BCUT2D eigenvalue weighted by Gasteiger charge is -2.56. The minimum absolute atomic E-state index is 0.172. The normalized spacial score (nSPS) is 30.8. The summed E-state index contributed by atoms with van der Waals surface area (Å²) in [6.07, 6.45) is -1.19. The Kier molecular flexibility index (Phi) is 6.03. The van der Waals surface area contributed by atoms with Crippen LogP contribution in [0, 0.1) is 11.3 Å². The van der Waals surface area contributed by atoms with Crippen LogP contribution in [0.1, 0.15) is 22.6 Å². The summed E-state index contributed by atoms with van der Waals surface area (Å²) in [5.74, 6) is 0.0887. The predicted molar refractivity (Wildman–Crippen MR) is 153 cm³/mol. The summed E-state index contributed by atoms with van der Waals surface area (Å²) in [4.78, 5) is 8.88. The number of rotatable bonds is 7. The van der Waals surface area contributed by atoms with Crippen LogP contribution in [-0.2, 0) is 15.9 Å². The van der Waals surface area contributed by atoms with Crippen LogP contribution in [0.15, 0.2) is 60.7 Å². The number of aliphatic hydroxyl groups is 2. The molecule has 1 aliphatic carbocycles. The fourth-order valence-corrected chi connectivity index (χ4v) is 7.73. The van der Waals surface area contributed by atoms with Gasteiger partial charge >= 0.3 is 0 Å². The van der Waals surface area contributed by atoms with Gasteiger partial charge in [0.2, 0.25) is 11.8 Å². The summed E-state index contributed by atoms with van der Waals surface area (Å²) in [6.45, 7) is 4.14. The first-order valence-corrected chi connectivity index (χ1v) is 14.1. The number of hydrogen-bond donors (Lipinski definition) is 2. The fraction of sp³-hybridized carbons (Fsp3) is 0.469. The van der Waals surface area contributed by atoms with Crippen molar-refractivity contribution < 1.29 is 29.2 Å². The van der Waals surface area contributed by atoms with E-state index < -0.39 is 23.2 Å². The highest BCUT2D eigenvalue weighted by Crippen LogP contribution is 2.70. The summed E-state index contributed by atoms with van der Waals surface area (Å²) < 4.78 is 23.6. The van der Waals surface area contributed by atoms with Crippen LogP contribution in [-0.4, -0.2) is 87.4 Å². The van der Waals surface area contributed by atoms with Crippen molar-refractivity contribution >= 4 is 5.69 Å². The highest BCUT2D eigenvalue weighted by Gasteiger charge is 2.77. The van der Waals surface area contributed by atoms with Crippen LogP contribution in [0.4, 0.5) is 5.69 Å². The number of hydrogen-bond acceptors (Lipinski definition) is 9. The molecule has 1 spiro atoms. The van der Waals surface area contributed by atoms with Crippen LogP contribution in [0.5, 0.6) is 17.5 Å². The lowest BCUT2D eigenvalue weighted by atomic mass is 9.70. The second kappa shape index (κ2) is 9.32. The third-order valence-corrected chi connectivity index (χ3v) is 9.51. The van der Waals surface area contributed by atoms with E-state index in [1.54, 1.807) is 6.07 Å². The lowest BCUT2D eigenvalue weighted by Crippen LogP contribution is -2.66. The topological polar surface area (TPSA) is 96.8 Å². The van der Waals surface area contributed by atoms with Gasteiger partial charge in [-0.2, -0.15) is 4.98 Å². The molecule has 216 valence electrons. The fourth-order valence-electron chi connectivity index (χ4n) is 7.73. The van der Waals surface area contributed by atoms with Gasteiger partial charge in [0.1, 0.15) is 5.75 Å². The van der Waals surface area contributed by atoms with Crippen molar-refractivity contribution in [2.75, 3.05) is 66.1 Å². The molecular weight excluding hydrogens is 522 g/mol. The van der Waals surface area contributed by atoms with Gasteiger partial charge in [0.05, 0.1) is 44.5 Å². The maximum atomic E-state index is 13.0. The first kappa shape index (κ1) is 26.5. The molecule has 3 fully saturated rings. The Hall–Kier alpha value is -3.37. The number of aliphatic hydroxyl groups excluding tert-OH is 1. The number of anilines is 1. The van der Waals surface area contributed by atoms with Gasteiger partial charge in [0, 0.05) is 43.2 Å². The molecule has 5 atom stereocenters. The van der Waals surface area contributed by atoms with Gasteiger partial charge in [0.15, 0.2) is 11.2 Å². The van der Waals surface area contributed by atoms with Crippen LogP contribution in [0.3, 0.4) is 0 Å². The number of aromatic nitrogens is 1. The second-order valence-corrected chi connectivity index (χ2v) is 12.3. The summed E-state index contributed by atoms with van der Waals surface area (Å²) in [5.41, 5.74) is 0.270. The van der Waals surface area contributed by atoms with Crippen LogP contribution >= 0.6 is 0 Å². The number of nitrogens with zero attached hydrogens (tertiary/aromatic N) is 3. The quantitative estimate of drug-likeness (QED) is 0.453. The summed E-state index contributed by atoms with van der Waals surface area (Å²) in [6, 6.07) is 20.0. The van der Waals surface area contributed by atoms with Crippen molar-refractivity contribution in [1.29, 1.82) is 0 Å². The standard InChI is InChI=1S/C32H37N3O6/c1-34(2)15-23-26(20-8-6-5-7-9-20)32(21-10-12-22(13-11-21)35-16-30(17-35)18-40-19-30)31(37,28(23)36)27-24(41-32)14-25(38-3)33-29(27)39-4/h5-14,23,26,28,36-37H,15-19H2,1-4H3/t23-,26-,28-,31+,32+/m1/s1. The van der Waals surface area contributed by atoms with E-state index in [9.17, 15) is 10.2 Å². The lowest BCUT2D eigenvalue weighted by molar-refractivity contribution is -0.152. The predicted octanol–water partition coefficient (Wildman–Crippen LogP) is 2.75. The van der Waals surface area contributed by atoms with E-state index in [0.29, 0.717) is 29.2 Å². The maximum Gasteiger partial charge on any atom is 0.226 e. The molecule has 2 N–H and O–H groups in total. The van der Waals surface area contributed by atoms with E-state index in [1.165, 1.54) is 14.2 Å². The second-order valence-electron chi connectivity index (χ2n) is 12.3. The Morgan fingerprint density at radius 3 is 2.32 bits per heavy atom. The highest BCUT2D eigenvalue weighted by molar-refractivity contribution is 5.61. The Morgan fingerprint density at radius 1 is 1.02 bits per heavy atom. The number of pyridine rings is 1. The van der Waals surface area contributed by atoms with Gasteiger partial charge in [0.25, 0.3) is 0 Å². The molecule has 0 unspecified atom stereocenters. The first-order valence-electron chi connectivity index (χ1n) is 14.1. The van der Waals surface area contributed by atoms with Gasteiger partial charge in [-0.25, -0.2) is 0 Å². The van der Waals surface area contributed by atoms with E-state index in [4.69, 9.17) is 18.9 Å². The van der Waals surface area contributed by atoms with Gasteiger partial charge in [-0.1, -0.05) is 42.5 Å². The molecule has 7 rings (SSSR count). The molecule has 0 radical (unpaired) electrons. The largest absolute Gasteiger partial charge is 0.481 e. The van der Waals surface area contributed by atoms with E-state index in [0.717, 1.165) is 43.1 Å². The van der Waals surface area contributed by atoms with E-state index in [2.05, 4.69) is 22.0 Å². The Balaban J connectivity index is 1.42. The van der Waals surface area contributed by atoms with Gasteiger partial charge in [-0.3, -0.25) is 0 Å². The number of ether oxygens (including phenoxy) is 4. The van der Waals surface area contributed by atoms with Crippen LogP contribution < -0.4 is 19.1 Å². The summed E-state index contributed by atoms with van der Waals surface area (Å²) >= 11 is 0. The summed E-state index contributed by atoms with van der Waals surface area (Å²) in [7, 11) is 6.98. The summed E-state index contributed by atoms with van der Waals surface area (Å²) in [5, 5.41) is 25.2. The zero-order valence-corrected chi connectivity index (χ0v) is 23.9. The zero-order valence-electron chi connectivity index (χ0n) is 23.9. The van der Waals surface area contributed by atoms with Crippen molar-refractivity contribution in [3.05, 3.63) is 77.4 Å². The molecule has 9 nitrogen and oxygen atoms in total. The number of benzene rings is 2. The van der Waals surface area contributed by atoms with Crippen LogP contribution in [0.25, 0.3) is 0 Å². The smallest absolute Gasteiger partial charge is 0.226 e. The third-order valence-electron chi connectivity index (χ3n) is 9.51. The average Bonchev–Trinajstić information content (AvgIpc) is 3.29. The molecule has 2 aromatic carbocycles. The first-order chi connectivity index (χ1) is 19.8. The van der Waals surface area contributed by atoms with Crippen molar-refractivity contribution in [3.8, 4) is 17.5 Å². The minimum Gasteiger partial charge on any atom is -0.481 e. The SMILES string of the molecule is COc1cc2c(c(OC)n1)[C@]1(O)[C@H](O)[C@H](CN(C)C)[C@@H](c3ccccc3)[C@]1(c1ccc(N3CC4(COC4)C3)cc1)O2. The van der Waals surface area contributed by atoms with E-state index in [1.807, 2.05) is 61.5 Å². The van der Waals surface area contributed by atoms with Crippen molar-refractivity contribution in [2.45, 2.75) is 23.2 Å².